The molecule has 5 nitrogen and oxygen atoms in total. The maximum absolute atomic E-state index is 11.8. The van der Waals surface area contributed by atoms with Gasteiger partial charge in [0.2, 0.25) is 0 Å². The summed E-state index contributed by atoms with van der Waals surface area (Å²) in [6, 6.07) is 14.8. The predicted molar refractivity (Wildman–Crippen MR) is 76.8 cm³/mol. The van der Waals surface area contributed by atoms with E-state index in [9.17, 15) is 4.79 Å². The lowest BCUT2D eigenvalue weighted by atomic mass is 10.2. The molecule has 0 saturated heterocycles. The Bertz CT molecular complexity index is 775. The summed E-state index contributed by atoms with van der Waals surface area (Å²) in [7, 11) is 1.35. The number of esters is 1. The van der Waals surface area contributed by atoms with E-state index in [0.29, 0.717) is 11.4 Å². The fraction of sp³-hybridized carbons (Fsp3) is 0.0667. The van der Waals surface area contributed by atoms with Crippen LogP contribution in [0, 0.1) is 0 Å². The summed E-state index contributed by atoms with van der Waals surface area (Å²) in [6.45, 7) is 0. The smallest absolute Gasteiger partial charge is 0.359 e. The number of ether oxygens (including phenoxy) is 1. The van der Waals surface area contributed by atoms with Crippen LogP contribution < -0.4 is 5.73 Å². The average molecular weight is 267 g/mol. The maximum Gasteiger partial charge on any atom is 0.359 e. The van der Waals surface area contributed by atoms with Crippen LogP contribution in [-0.4, -0.2) is 22.9 Å². The molecule has 3 rings (SSSR count). The molecule has 2 aromatic carbocycles. The van der Waals surface area contributed by atoms with Gasteiger partial charge in [0.25, 0.3) is 0 Å². The Balaban J connectivity index is 2.26. The predicted octanol–water partition coefficient (Wildman–Crippen LogP) is 2.39. The van der Waals surface area contributed by atoms with Gasteiger partial charge in [-0.05, 0) is 30.3 Å². The Morgan fingerprint density at radius 3 is 2.55 bits per heavy atom. The molecule has 0 aliphatic carbocycles. The van der Waals surface area contributed by atoms with E-state index in [1.807, 2.05) is 36.4 Å². The van der Waals surface area contributed by atoms with Crippen LogP contribution in [0.4, 0.5) is 5.69 Å². The topological polar surface area (TPSA) is 70.1 Å². The molecule has 100 valence electrons. The highest BCUT2D eigenvalue weighted by Crippen LogP contribution is 2.23. The van der Waals surface area contributed by atoms with Crippen molar-refractivity contribution in [3.05, 3.63) is 54.2 Å². The minimum Gasteiger partial charge on any atom is -0.464 e. The van der Waals surface area contributed by atoms with Gasteiger partial charge in [-0.3, -0.25) is 0 Å². The first-order valence-electron chi connectivity index (χ1n) is 6.12. The van der Waals surface area contributed by atoms with Gasteiger partial charge in [0, 0.05) is 11.1 Å². The number of hydrogen-bond acceptors (Lipinski definition) is 4. The van der Waals surface area contributed by atoms with Crippen molar-refractivity contribution in [1.29, 1.82) is 0 Å². The number of para-hydroxylation sites is 1. The molecule has 0 saturated carbocycles. The normalized spacial score (nSPS) is 10.7. The molecule has 0 amide bonds. The molecule has 5 heteroatoms. The quantitative estimate of drug-likeness (QED) is 0.571. The van der Waals surface area contributed by atoms with Crippen LogP contribution in [0.1, 0.15) is 10.5 Å². The monoisotopic (exact) mass is 267 g/mol. The number of methoxy groups -OCH3 is 1. The molecule has 3 aromatic rings. The number of rotatable bonds is 2. The van der Waals surface area contributed by atoms with Crippen molar-refractivity contribution >= 4 is 22.6 Å². The number of nitrogen functional groups attached to an aromatic ring is 1. The molecule has 0 aliphatic rings. The molecular weight excluding hydrogens is 254 g/mol. The Kier molecular flexibility index (Phi) is 2.87. The molecule has 1 aromatic heterocycles. The fourth-order valence-electron chi connectivity index (χ4n) is 2.13. The number of hydrogen-bond donors (Lipinski definition) is 1. The first-order valence-corrected chi connectivity index (χ1v) is 6.12. The Morgan fingerprint density at radius 2 is 1.85 bits per heavy atom. The summed E-state index contributed by atoms with van der Waals surface area (Å²) < 4.78 is 6.49. The first-order chi connectivity index (χ1) is 9.70. The zero-order valence-electron chi connectivity index (χ0n) is 10.9. The number of carbonyl (C=O) groups excluding carboxylic acids is 1. The number of fused-ring (bicyclic) bond motifs is 1. The summed E-state index contributed by atoms with van der Waals surface area (Å²) in [4.78, 5) is 11.8. The summed E-state index contributed by atoms with van der Waals surface area (Å²) in [6.07, 6.45) is 0. The van der Waals surface area contributed by atoms with E-state index in [1.54, 1.807) is 16.8 Å². The maximum atomic E-state index is 11.8. The van der Waals surface area contributed by atoms with Crippen LogP contribution in [0.15, 0.2) is 48.5 Å². The van der Waals surface area contributed by atoms with Crippen LogP contribution in [0.25, 0.3) is 16.6 Å². The second-order valence-electron chi connectivity index (χ2n) is 4.36. The first kappa shape index (κ1) is 12.2. The van der Waals surface area contributed by atoms with Gasteiger partial charge in [0.05, 0.1) is 18.3 Å². The number of benzene rings is 2. The lowest BCUT2D eigenvalue weighted by Crippen LogP contribution is -2.04. The Morgan fingerprint density at radius 1 is 1.15 bits per heavy atom. The number of nitrogens with two attached hydrogens (primary N) is 1. The van der Waals surface area contributed by atoms with Crippen molar-refractivity contribution in [2.24, 2.45) is 0 Å². The van der Waals surface area contributed by atoms with Crippen LogP contribution in [0.3, 0.4) is 0 Å². The van der Waals surface area contributed by atoms with E-state index >= 15 is 0 Å². The third-order valence-corrected chi connectivity index (χ3v) is 3.10. The molecule has 0 unspecified atom stereocenters. The Labute approximate surface area is 115 Å². The summed E-state index contributed by atoms with van der Waals surface area (Å²) in [5.74, 6) is -0.449. The molecule has 2 N–H and O–H groups in total. The highest BCUT2D eigenvalue weighted by Gasteiger charge is 2.17. The summed E-state index contributed by atoms with van der Waals surface area (Å²) >= 11 is 0. The van der Waals surface area contributed by atoms with Gasteiger partial charge in [-0.2, -0.15) is 5.10 Å². The van der Waals surface area contributed by atoms with Crippen LogP contribution in [-0.2, 0) is 4.74 Å². The SMILES string of the molecule is COC(=O)c1nn(-c2ccc(N)cc2)c2ccccc12. The van der Waals surface area contributed by atoms with Gasteiger partial charge in [-0.1, -0.05) is 18.2 Å². The molecule has 0 bridgehead atoms. The average Bonchev–Trinajstić information content (AvgIpc) is 2.87. The van der Waals surface area contributed by atoms with E-state index in [4.69, 9.17) is 10.5 Å². The zero-order valence-corrected chi connectivity index (χ0v) is 10.9. The van der Waals surface area contributed by atoms with E-state index in [1.165, 1.54) is 7.11 Å². The van der Waals surface area contributed by atoms with Crippen molar-refractivity contribution in [3.63, 3.8) is 0 Å². The minimum atomic E-state index is -0.449. The summed E-state index contributed by atoms with van der Waals surface area (Å²) in [5.41, 5.74) is 8.36. The van der Waals surface area contributed by atoms with Crippen molar-refractivity contribution in [1.82, 2.24) is 9.78 Å². The second kappa shape index (κ2) is 4.70. The van der Waals surface area contributed by atoms with Crippen molar-refractivity contribution < 1.29 is 9.53 Å². The van der Waals surface area contributed by atoms with Gasteiger partial charge in [-0.25, -0.2) is 9.48 Å². The third kappa shape index (κ3) is 1.89. The van der Waals surface area contributed by atoms with Crippen molar-refractivity contribution in [2.75, 3.05) is 12.8 Å². The van der Waals surface area contributed by atoms with Gasteiger partial charge >= 0.3 is 5.97 Å². The van der Waals surface area contributed by atoms with E-state index < -0.39 is 5.97 Å². The fourth-order valence-corrected chi connectivity index (χ4v) is 2.13. The Hall–Kier alpha value is -2.82. The molecule has 20 heavy (non-hydrogen) atoms. The molecule has 0 fully saturated rings. The molecule has 1 heterocycles. The third-order valence-electron chi connectivity index (χ3n) is 3.10. The number of nitrogens with zero attached hydrogens (tertiary/aromatic N) is 2. The van der Waals surface area contributed by atoms with Crippen LogP contribution >= 0.6 is 0 Å². The molecular formula is C15H13N3O2. The molecule has 0 atom stereocenters. The van der Waals surface area contributed by atoms with Gasteiger partial charge in [0.1, 0.15) is 0 Å². The highest BCUT2D eigenvalue weighted by molar-refractivity contribution is 6.02. The van der Waals surface area contributed by atoms with Gasteiger partial charge in [-0.15, -0.1) is 0 Å². The zero-order chi connectivity index (χ0) is 14.1. The largest absolute Gasteiger partial charge is 0.464 e. The summed E-state index contributed by atoms with van der Waals surface area (Å²) in [5, 5.41) is 5.12. The molecule has 0 aliphatic heterocycles. The number of aromatic nitrogens is 2. The van der Waals surface area contributed by atoms with Gasteiger partial charge < -0.3 is 10.5 Å². The highest BCUT2D eigenvalue weighted by atomic mass is 16.5. The lowest BCUT2D eigenvalue weighted by Gasteiger charge is -2.03. The molecule has 0 spiro atoms. The lowest BCUT2D eigenvalue weighted by molar-refractivity contribution is 0.0595. The van der Waals surface area contributed by atoms with E-state index in [2.05, 4.69) is 5.10 Å². The minimum absolute atomic E-state index is 0.305. The van der Waals surface area contributed by atoms with E-state index in [-0.39, 0.29) is 0 Å². The van der Waals surface area contributed by atoms with E-state index in [0.717, 1.165) is 16.6 Å². The van der Waals surface area contributed by atoms with Crippen LogP contribution in [0.2, 0.25) is 0 Å². The number of carbonyl (C=O) groups is 1. The standard InChI is InChI=1S/C15H13N3O2/c1-20-15(19)14-12-4-2-3-5-13(12)18(17-14)11-8-6-10(16)7-9-11/h2-9H,16H2,1H3. The van der Waals surface area contributed by atoms with Crippen LogP contribution in [0.5, 0.6) is 0 Å². The van der Waals surface area contributed by atoms with Gasteiger partial charge in [0.15, 0.2) is 5.69 Å². The number of anilines is 1. The van der Waals surface area contributed by atoms with Crippen molar-refractivity contribution in [3.8, 4) is 5.69 Å². The second-order valence-corrected chi connectivity index (χ2v) is 4.36. The van der Waals surface area contributed by atoms with Crippen molar-refractivity contribution in [2.45, 2.75) is 0 Å². The molecule has 0 radical (unpaired) electrons.